The number of nitrogens with zero attached hydrogens (tertiary/aromatic N) is 4. The van der Waals surface area contributed by atoms with Crippen molar-refractivity contribution >= 4 is 17.7 Å². The van der Waals surface area contributed by atoms with Crippen molar-refractivity contribution in [3.63, 3.8) is 0 Å². The predicted octanol–water partition coefficient (Wildman–Crippen LogP) is -0.0979. The van der Waals surface area contributed by atoms with Gasteiger partial charge in [-0.3, -0.25) is 4.79 Å². The second-order valence-electron chi connectivity index (χ2n) is 4.15. The van der Waals surface area contributed by atoms with Crippen molar-refractivity contribution in [3.05, 3.63) is 0 Å². The molecule has 7 nitrogen and oxygen atoms in total. The number of hydrogen-bond donors (Lipinski definition) is 2. The minimum absolute atomic E-state index is 0.245. The lowest BCUT2D eigenvalue weighted by atomic mass is 10.1. The molecule has 3 N–H and O–H groups in total. The highest BCUT2D eigenvalue weighted by atomic mass is 32.2. The first-order valence-corrected chi connectivity index (χ1v) is 5.92. The lowest BCUT2D eigenvalue weighted by Crippen LogP contribution is -2.47. The zero-order valence-electron chi connectivity index (χ0n) is 8.83. The monoisotopic (exact) mass is 243 g/mol. The minimum Gasteiger partial charge on any atom is -0.480 e. The van der Waals surface area contributed by atoms with Crippen LogP contribution in [0.15, 0.2) is 5.16 Å². The lowest BCUT2D eigenvalue weighted by Gasteiger charge is -2.17. The normalized spacial score (nSPS) is 19.4. The highest BCUT2D eigenvalue weighted by Crippen LogP contribution is 2.36. The van der Waals surface area contributed by atoms with Crippen molar-refractivity contribution < 1.29 is 9.90 Å². The molecule has 16 heavy (non-hydrogen) atoms. The molecule has 0 saturated heterocycles. The molecule has 1 heterocycles. The van der Waals surface area contributed by atoms with Crippen molar-refractivity contribution in [1.29, 1.82) is 0 Å². The Morgan fingerprint density at radius 1 is 1.75 bits per heavy atom. The van der Waals surface area contributed by atoms with Crippen molar-refractivity contribution in [2.75, 3.05) is 5.75 Å². The zero-order chi connectivity index (χ0) is 11.8. The van der Waals surface area contributed by atoms with Gasteiger partial charge in [0, 0.05) is 5.75 Å². The van der Waals surface area contributed by atoms with Crippen LogP contribution < -0.4 is 5.73 Å². The number of carboxylic acids is 1. The van der Waals surface area contributed by atoms with Crippen LogP contribution in [0.2, 0.25) is 0 Å². The summed E-state index contributed by atoms with van der Waals surface area (Å²) < 4.78 is 1.74. The van der Waals surface area contributed by atoms with Crippen LogP contribution in [-0.4, -0.2) is 42.6 Å². The van der Waals surface area contributed by atoms with E-state index in [9.17, 15) is 4.79 Å². The van der Waals surface area contributed by atoms with E-state index in [1.807, 2.05) is 0 Å². The molecular weight excluding hydrogens is 230 g/mol. The van der Waals surface area contributed by atoms with E-state index in [1.165, 1.54) is 18.7 Å². The maximum Gasteiger partial charge on any atom is 0.324 e. The molecule has 0 aromatic carbocycles. The number of carbonyl (C=O) groups is 1. The first kappa shape index (κ1) is 11.3. The molecule has 2 rings (SSSR count). The Kier molecular flexibility index (Phi) is 2.85. The van der Waals surface area contributed by atoms with Gasteiger partial charge in [0.2, 0.25) is 5.16 Å². The van der Waals surface area contributed by atoms with Crippen molar-refractivity contribution in [2.45, 2.75) is 36.5 Å². The minimum atomic E-state index is -1.26. The third-order valence-corrected chi connectivity index (χ3v) is 3.62. The van der Waals surface area contributed by atoms with Gasteiger partial charge in [-0.2, -0.15) is 0 Å². The lowest BCUT2D eigenvalue weighted by molar-refractivity contribution is -0.141. The van der Waals surface area contributed by atoms with E-state index in [0.29, 0.717) is 11.2 Å². The summed E-state index contributed by atoms with van der Waals surface area (Å²) in [7, 11) is 0. The van der Waals surface area contributed by atoms with Crippen molar-refractivity contribution in [2.24, 2.45) is 5.73 Å². The fourth-order valence-corrected chi connectivity index (χ4v) is 2.07. The van der Waals surface area contributed by atoms with Crippen LogP contribution in [0.4, 0.5) is 0 Å². The average molecular weight is 243 g/mol. The summed E-state index contributed by atoms with van der Waals surface area (Å²) >= 11 is 1.28. The molecule has 0 bridgehead atoms. The van der Waals surface area contributed by atoms with Gasteiger partial charge < -0.3 is 10.8 Å². The van der Waals surface area contributed by atoms with Gasteiger partial charge in [-0.25, -0.2) is 4.68 Å². The summed E-state index contributed by atoms with van der Waals surface area (Å²) in [6, 6.07) is 0.381. The Balaban J connectivity index is 1.99. The molecule has 1 aromatic rings. The number of carboxylic acid groups (broad SMARTS) is 1. The van der Waals surface area contributed by atoms with E-state index < -0.39 is 11.5 Å². The Morgan fingerprint density at radius 3 is 3.00 bits per heavy atom. The van der Waals surface area contributed by atoms with E-state index in [-0.39, 0.29) is 5.75 Å². The molecular formula is C8H13N5O2S. The molecule has 1 saturated carbocycles. The Labute approximate surface area is 96.4 Å². The van der Waals surface area contributed by atoms with E-state index in [0.717, 1.165) is 12.8 Å². The maximum absolute atomic E-state index is 10.8. The largest absolute Gasteiger partial charge is 0.480 e. The second-order valence-corrected chi connectivity index (χ2v) is 5.09. The van der Waals surface area contributed by atoms with E-state index >= 15 is 0 Å². The molecule has 0 radical (unpaired) electrons. The average Bonchev–Trinajstić information content (AvgIpc) is 2.95. The number of nitrogens with two attached hydrogens (primary N) is 1. The van der Waals surface area contributed by atoms with Gasteiger partial charge in [-0.1, -0.05) is 11.8 Å². The first-order chi connectivity index (χ1) is 7.50. The number of rotatable bonds is 5. The number of thioether (sulfide) groups is 1. The number of aromatic nitrogens is 4. The third kappa shape index (κ3) is 2.33. The first-order valence-electron chi connectivity index (χ1n) is 4.93. The number of hydrogen-bond acceptors (Lipinski definition) is 6. The molecule has 88 valence electrons. The topological polar surface area (TPSA) is 107 Å². The summed E-state index contributed by atoms with van der Waals surface area (Å²) in [5.41, 5.74) is 4.36. The zero-order valence-corrected chi connectivity index (χ0v) is 9.65. The quantitative estimate of drug-likeness (QED) is 0.695. The van der Waals surface area contributed by atoms with Gasteiger partial charge in [0.05, 0.1) is 6.04 Å². The summed E-state index contributed by atoms with van der Waals surface area (Å²) in [5.74, 6) is -0.777. The Morgan fingerprint density at radius 2 is 2.44 bits per heavy atom. The predicted molar refractivity (Wildman–Crippen MR) is 57.0 cm³/mol. The van der Waals surface area contributed by atoms with Crippen molar-refractivity contribution in [3.8, 4) is 0 Å². The molecule has 1 aliphatic rings. The SMILES string of the molecule is CC(N)(CSc1nnnn1C1CC1)C(=O)O. The molecule has 0 aliphatic heterocycles. The fourth-order valence-electron chi connectivity index (χ4n) is 1.10. The second kappa shape index (κ2) is 4.02. The molecule has 1 aromatic heterocycles. The van der Waals surface area contributed by atoms with Gasteiger partial charge >= 0.3 is 5.97 Å². The number of tetrazole rings is 1. The van der Waals surface area contributed by atoms with Gasteiger partial charge in [0.25, 0.3) is 0 Å². The van der Waals surface area contributed by atoms with Crippen LogP contribution in [-0.2, 0) is 4.79 Å². The summed E-state index contributed by atoms with van der Waals surface area (Å²) in [5, 5.41) is 20.8. The Hall–Kier alpha value is -1.15. The van der Waals surface area contributed by atoms with Crippen LogP contribution in [0.5, 0.6) is 0 Å². The smallest absolute Gasteiger partial charge is 0.324 e. The van der Waals surface area contributed by atoms with Gasteiger partial charge in [-0.15, -0.1) is 5.10 Å². The van der Waals surface area contributed by atoms with Crippen LogP contribution in [0, 0.1) is 0 Å². The Bertz CT molecular complexity index is 401. The van der Waals surface area contributed by atoms with Crippen LogP contribution >= 0.6 is 11.8 Å². The van der Waals surface area contributed by atoms with E-state index in [4.69, 9.17) is 10.8 Å². The number of aliphatic carboxylic acids is 1. The molecule has 1 atom stereocenters. The standard InChI is InChI=1S/C8H13N5O2S/c1-8(9,6(14)15)4-16-7-10-11-12-13(7)5-2-3-5/h5H,2-4,9H2,1H3,(H,14,15). The van der Waals surface area contributed by atoms with E-state index in [1.54, 1.807) is 4.68 Å². The molecule has 8 heteroatoms. The van der Waals surface area contributed by atoms with Crippen LogP contribution in [0.3, 0.4) is 0 Å². The molecule has 1 aliphatic carbocycles. The fraction of sp³-hybridized carbons (Fsp3) is 0.750. The third-order valence-electron chi connectivity index (χ3n) is 2.35. The molecule has 1 fully saturated rings. The summed E-state index contributed by atoms with van der Waals surface area (Å²) in [4.78, 5) is 10.8. The van der Waals surface area contributed by atoms with Crippen LogP contribution in [0.25, 0.3) is 0 Å². The van der Waals surface area contributed by atoms with Gasteiger partial charge in [-0.05, 0) is 30.2 Å². The van der Waals surface area contributed by atoms with Crippen molar-refractivity contribution in [1.82, 2.24) is 20.2 Å². The molecule has 0 spiro atoms. The van der Waals surface area contributed by atoms with Crippen LogP contribution in [0.1, 0.15) is 25.8 Å². The maximum atomic E-state index is 10.8. The molecule has 1 unspecified atom stereocenters. The van der Waals surface area contributed by atoms with Gasteiger partial charge in [0.1, 0.15) is 5.54 Å². The highest BCUT2D eigenvalue weighted by molar-refractivity contribution is 7.99. The molecule has 0 amide bonds. The van der Waals surface area contributed by atoms with E-state index in [2.05, 4.69) is 15.5 Å². The summed E-state index contributed by atoms with van der Waals surface area (Å²) in [6.45, 7) is 1.48. The highest BCUT2D eigenvalue weighted by Gasteiger charge is 2.31. The summed E-state index contributed by atoms with van der Waals surface area (Å²) in [6.07, 6.45) is 2.16. The van der Waals surface area contributed by atoms with Gasteiger partial charge in [0.15, 0.2) is 0 Å².